The second-order valence-electron chi connectivity index (χ2n) is 10.2. The van der Waals surface area contributed by atoms with Crippen LogP contribution in [-0.4, -0.2) is 6.88 Å². The van der Waals surface area contributed by atoms with Crippen molar-refractivity contribution in [1.29, 1.82) is 0 Å². The summed E-state index contributed by atoms with van der Waals surface area (Å²) in [4.78, 5) is 0. The second kappa shape index (κ2) is 19.5. The van der Waals surface area contributed by atoms with Crippen molar-refractivity contribution in [3.63, 3.8) is 0 Å². The van der Waals surface area contributed by atoms with Crippen LogP contribution in [0.25, 0.3) is 43.8 Å². The Kier molecular flexibility index (Phi) is 18.4. The van der Waals surface area contributed by atoms with E-state index in [2.05, 4.69) is 45.0 Å². The van der Waals surface area contributed by atoms with Crippen molar-refractivity contribution in [1.82, 2.24) is 0 Å². The Bertz CT molecular complexity index is 1700. The summed E-state index contributed by atoms with van der Waals surface area (Å²) in [6.07, 6.45) is -6.69. The van der Waals surface area contributed by atoms with Gasteiger partial charge in [-0.25, -0.2) is 0 Å². The first-order chi connectivity index (χ1) is 21.0. The molecule has 0 amide bonds. The molecular weight excluding hydrogens is 761 g/mol. The van der Waals surface area contributed by atoms with Crippen LogP contribution in [0.3, 0.4) is 0 Å². The van der Waals surface area contributed by atoms with Crippen molar-refractivity contribution < 1.29 is 49.7 Å². The number of aryl methyl sites for hydroxylation is 2. The molecule has 0 fully saturated rings. The molecule has 0 aliphatic carbocycles. The van der Waals surface area contributed by atoms with E-state index in [0.29, 0.717) is 0 Å². The molecule has 0 nitrogen and oxygen atoms in total. The van der Waals surface area contributed by atoms with Gasteiger partial charge < -0.3 is 14.9 Å². The minimum absolute atomic E-state index is 0. The molecule has 0 N–H and O–H groups in total. The van der Waals surface area contributed by atoms with Crippen LogP contribution in [-0.2, 0) is 48.5 Å². The van der Waals surface area contributed by atoms with Gasteiger partial charge in [-0.05, 0) is 48.2 Å². The van der Waals surface area contributed by atoms with Crippen molar-refractivity contribution in [2.45, 2.75) is 39.0 Å². The monoisotopic (exact) mass is 794 g/mol. The van der Waals surface area contributed by atoms with Gasteiger partial charge in [-0.2, -0.15) is 38.5 Å². The summed E-state index contributed by atoms with van der Waals surface area (Å²) in [6.45, 7) is 7.24. The molecular formula is C38H36Cl2F6SiZr-4. The number of halogens is 8. The van der Waals surface area contributed by atoms with Gasteiger partial charge in [-0.3, -0.25) is 0 Å². The molecule has 0 spiro atoms. The Morgan fingerprint density at radius 3 is 1.12 bits per heavy atom. The molecule has 0 aromatic heterocycles. The number of fused-ring (bicyclic) bond motifs is 2. The fourth-order valence-corrected chi connectivity index (χ4v) is 5.18. The first kappa shape index (κ1) is 45.4. The Morgan fingerprint density at radius 2 is 0.854 bits per heavy atom. The van der Waals surface area contributed by atoms with E-state index in [-0.39, 0.29) is 39.7 Å². The average Bonchev–Trinajstić information content (AvgIpc) is 3.66. The summed E-state index contributed by atoms with van der Waals surface area (Å²) in [7, 11) is 0. The fraction of sp³-hybridized carbons (Fsp3) is 0.158. The van der Waals surface area contributed by atoms with Crippen LogP contribution in [0.15, 0.2) is 109 Å². The quantitative estimate of drug-likeness (QED) is 0.0947. The standard InChI is InChI=1S/2C18H14F3.2CH3.2ClH.Si.Zr/c2*1-2-12-10-14-4-3-5-16(17(14)11-12)13-6-8-15(9-7-13)18(19,20)21;;;;;;/h2*3-11H,2H2,1H3;2*1H3;2*1H;;/q4*-1;;;;. The molecule has 0 atom stereocenters. The van der Waals surface area contributed by atoms with Crippen LogP contribution in [0.1, 0.15) is 36.1 Å². The molecule has 6 aromatic carbocycles. The van der Waals surface area contributed by atoms with E-state index in [0.717, 1.165) is 80.9 Å². The SMILES string of the molecule is CCc1cc2c(-c3ccc(C(F)(F)F)cc3)cccc2[cH-]1.CCc1cc2c(-c3ccc(C(F)(F)F)cc3)cccc2[cH-]1.Cl.Cl.[CH3-].[CH3-].[Si]=[Zr]. The van der Waals surface area contributed by atoms with Gasteiger partial charge in [0.15, 0.2) is 0 Å². The first-order valence-electron chi connectivity index (χ1n) is 13.9. The molecule has 0 aliphatic rings. The normalized spacial score (nSPS) is 10.6. The molecule has 0 heterocycles. The van der Waals surface area contributed by atoms with Crippen molar-refractivity contribution in [2.24, 2.45) is 0 Å². The summed E-state index contributed by atoms with van der Waals surface area (Å²) >= 11 is 1.36. The number of alkyl halides is 6. The molecule has 0 aliphatic heterocycles. The molecule has 0 saturated carbocycles. The van der Waals surface area contributed by atoms with E-state index >= 15 is 0 Å². The van der Waals surface area contributed by atoms with Gasteiger partial charge in [0.1, 0.15) is 0 Å². The number of rotatable bonds is 4. The summed E-state index contributed by atoms with van der Waals surface area (Å²) in [5, 5.41) is 4.44. The third kappa shape index (κ3) is 10.7. The Hall–Kier alpha value is -2.64. The number of hydrogen-bond acceptors (Lipinski definition) is 0. The third-order valence-corrected chi connectivity index (χ3v) is 7.48. The van der Waals surface area contributed by atoms with Crippen molar-refractivity contribution in [2.75, 3.05) is 0 Å². The Balaban J connectivity index is 0.000000811. The maximum absolute atomic E-state index is 12.6. The van der Waals surface area contributed by atoms with E-state index in [4.69, 9.17) is 0 Å². The van der Waals surface area contributed by atoms with Gasteiger partial charge in [-0.1, -0.05) is 61.4 Å². The fourth-order valence-electron chi connectivity index (χ4n) is 5.18. The zero-order valence-electron chi connectivity index (χ0n) is 26.9. The van der Waals surface area contributed by atoms with Crippen LogP contribution in [0.2, 0.25) is 0 Å². The maximum atomic E-state index is 12.6. The predicted octanol–water partition coefficient (Wildman–Crippen LogP) is 13.0. The van der Waals surface area contributed by atoms with Gasteiger partial charge in [0.2, 0.25) is 0 Å². The summed E-state index contributed by atoms with van der Waals surface area (Å²) in [5.74, 6) is 0. The van der Waals surface area contributed by atoms with Crippen LogP contribution in [0.5, 0.6) is 0 Å². The number of hydrogen-bond donors (Lipinski definition) is 0. The van der Waals surface area contributed by atoms with Crippen molar-refractivity contribution in [3.8, 4) is 22.3 Å². The second-order valence-corrected chi connectivity index (χ2v) is 10.2. The van der Waals surface area contributed by atoms with Gasteiger partial charge in [0.05, 0.1) is 11.1 Å². The molecule has 6 aromatic rings. The topological polar surface area (TPSA) is 0 Å². The molecule has 256 valence electrons. The molecule has 48 heavy (non-hydrogen) atoms. The van der Waals surface area contributed by atoms with Gasteiger partial charge in [0, 0.05) is 0 Å². The summed E-state index contributed by atoms with van der Waals surface area (Å²) in [6, 6.07) is 31.0. The van der Waals surface area contributed by atoms with Crippen LogP contribution in [0.4, 0.5) is 26.3 Å². The molecule has 6 rings (SSSR count). The van der Waals surface area contributed by atoms with E-state index in [1.54, 1.807) is 0 Å². The van der Waals surface area contributed by atoms with E-state index in [9.17, 15) is 26.3 Å². The summed E-state index contributed by atoms with van der Waals surface area (Å²) < 4.78 is 75.7. The minimum atomic E-state index is -4.29. The van der Waals surface area contributed by atoms with Gasteiger partial charge >= 0.3 is 42.6 Å². The van der Waals surface area contributed by atoms with Gasteiger partial charge in [-0.15, -0.1) is 93.9 Å². The zero-order valence-corrected chi connectivity index (χ0v) is 32.0. The zero-order chi connectivity index (χ0) is 32.1. The van der Waals surface area contributed by atoms with Crippen molar-refractivity contribution in [3.05, 3.63) is 146 Å². The van der Waals surface area contributed by atoms with E-state index < -0.39 is 23.5 Å². The van der Waals surface area contributed by atoms with E-state index in [1.807, 2.05) is 36.4 Å². The molecule has 10 heteroatoms. The molecule has 0 saturated heterocycles. The molecule has 0 unspecified atom stereocenters. The molecule has 2 radical (unpaired) electrons. The average molecular weight is 797 g/mol. The van der Waals surface area contributed by atoms with Crippen LogP contribution < -0.4 is 0 Å². The Labute approximate surface area is 308 Å². The summed E-state index contributed by atoms with van der Waals surface area (Å²) in [5.41, 5.74) is 4.81. The van der Waals surface area contributed by atoms with Gasteiger partial charge in [0.25, 0.3) is 0 Å². The number of benzene rings is 4. The third-order valence-electron chi connectivity index (χ3n) is 7.48. The predicted molar refractivity (Wildman–Crippen MR) is 192 cm³/mol. The van der Waals surface area contributed by atoms with Crippen molar-refractivity contribution >= 4 is 53.2 Å². The van der Waals surface area contributed by atoms with Crippen LogP contribution >= 0.6 is 24.8 Å². The molecule has 0 bridgehead atoms. The first-order valence-corrected chi connectivity index (χ1v) is 18.1. The van der Waals surface area contributed by atoms with Crippen LogP contribution in [0, 0.1) is 14.9 Å². The Morgan fingerprint density at radius 1 is 0.542 bits per heavy atom. The van der Waals surface area contributed by atoms with E-state index in [1.165, 1.54) is 58.7 Å².